The zero-order valence-corrected chi connectivity index (χ0v) is 8.49. The molecule has 2 atom stereocenters. The van der Waals surface area contributed by atoms with E-state index < -0.39 is 23.4 Å². The van der Waals surface area contributed by atoms with Gasteiger partial charge < -0.3 is 16.6 Å². The molecule has 0 saturated carbocycles. The fourth-order valence-electron chi connectivity index (χ4n) is 1.77. The highest BCUT2D eigenvalue weighted by Crippen LogP contribution is 2.24. The predicted molar refractivity (Wildman–Crippen MR) is 53.5 cm³/mol. The van der Waals surface area contributed by atoms with Crippen molar-refractivity contribution < 1.29 is 14.7 Å². The predicted octanol–water partition coefficient (Wildman–Crippen LogP) is -2.00. The van der Waals surface area contributed by atoms with Crippen molar-refractivity contribution in [3.63, 3.8) is 0 Å². The van der Waals surface area contributed by atoms with E-state index in [1.54, 1.807) is 13.0 Å². The molecule has 0 saturated heterocycles. The first-order valence-electron chi connectivity index (χ1n) is 4.60. The normalized spacial score (nSPS) is 30.0. The van der Waals surface area contributed by atoms with Crippen LogP contribution in [0.2, 0.25) is 0 Å². The minimum absolute atomic E-state index is 0.128. The Kier molecular flexibility index (Phi) is 3.11. The molecule has 6 N–H and O–H groups in total. The van der Waals surface area contributed by atoms with E-state index in [2.05, 4.69) is 5.32 Å². The highest BCUT2D eigenvalue weighted by atomic mass is 16.3. The molecular weight excluding hydrogens is 198 g/mol. The van der Waals surface area contributed by atoms with Gasteiger partial charge in [0, 0.05) is 13.0 Å². The molecule has 0 aromatic rings. The second kappa shape index (κ2) is 4.00. The Morgan fingerprint density at radius 2 is 2.20 bits per heavy atom. The molecule has 2 amide bonds. The van der Waals surface area contributed by atoms with Gasteiger partial charge in [0.1, 0.15) is 11.6 Å². The summed E-state index contributed by atoms with van der Waals surface area (Å²) < 4.78 is 0. The van der Waals surface area contributed by atoms with Crippen LogP contribution in [0.15, 0.2) is 11.6 Å². The number of carbonyl (C=O) groups is 2. The molecule has 0 aromatic carbocycles. The summed E-state index contributed by atoms with van der Waals surface area (Å²) >= 11 is 0. The number of primary amides is 2. The van der Waals surface area contributed by atoms with Gasteiger partial charge in [-0.05, 0) is 12.5 Å². The lowest BCUT2D eigenvalue weighted by atomic mass is 9.96. The highest BCUT2D eigenvalue weighted by molar-refractivity contribution is 5.92. The Morgan fingerprint density at radius 1 is 1.60 bits per heavy atom. The van der Waals surface area contributed by atoms with Crippen LogP contribution in [-0.2, 0) is 9.59 Å². The van der Waals surface area contributed by atoms with Gasteiger partial charge in [0.25, 0.3) is 0 Å². The molecule has 1 heterocycles. The molecule has 0 aromatic heterocycles. The Hall–Kier alpha value is -1.40. The lowest BCUT2D eigenvalue weighted by Gasteiger charge is -2.25. The van der Waals surface area contributed by atoms with Gasteiger partial charge in [-0.2, -0.15) is 0 Å². The number of rotatable bonds is 4. The van der Waals surface area contributed by atoms with Crippen LogP contribution in [0.3, 0.4) is 0 Å². The van der Waals surface area contributed by atoms with Gasteiger partial charge in [-0.15, -0.1) is 0 Å². The monoisotopic (exact) mass is 213 g/mol. The topological polar surface area (TPSA) is 118 Å². The Morgan fingerprint density at radius 3 is 2.53 bits per heavy atom. The Balaban J connectivity index is 2.98. The van der Waals surface area contributed by atoms with E-state index in [1.807, 2.05) is 0 Å². The summed E-state index contributed by atoms with van der Waals surface area (Å²) in [5.74, 6) is -1.19. The number of hydrogen-bond donors (Lipinski definition) is 4. The summed E-state index contributed by atoms with van der Waals surface area (Å²) in [6.45, 7) is 1.48. The number of nitrogens with two attached hydrogens (primary N) is 2. The van der Waals surface area contributed by atoms with Crippen LogP contribution in [0.4, 0.5) is 0 Å². The van der Waals surface area contributed by atoms with Crippen LogP contribution >= 0.6 is 0 Å². The largest absolute Gasteiger partial charge is 0.396 e. The van der Waals surface area contributed by atoms with E-state index in [0.717, 1.165) is 0 Å². The van der Waals surface area contributed by atoms with Crippen LogP contribution < -0.4 is 16.8 Å². The first-order chi connectivity index (χ1) is 6.93. The van der Waals surface area contributed by atoms with Crippen molar-refractivity contribution in [2.75, 3.05) is 6.61 Å². The minimum atomic E-state index is -1.15. The van der Waals surface area contributed by atoms with Gasteiger partial charge in [-0.1, -0.05) is 6.08 Å². The van der Waals surface area contributed by atoms with E-state index in [0.29, 0.717) is 5.57 Å². The molecular formula is C9H15N3O3. The van der Waals surface area contributed by atoms with Crippen molar-refractivity contribution >= 4 is 11.8 Å². The van der Waals surface area contributed by atoms with E-state index in [1.165, 1.54) is 0 Å². The summed E-state index contributed by atoms with van der Waals surface area (Å²) in [6.07, 6.45) is 1.68. The van der Waals surface area contributed by atoms with Crippen LogP contribution in [0.25, 0.3) is 0 Å². The fourth-order valence-corrected chi connectivity index (χ4v) is 1.77. The zero-order valence-electron chi connectivity index (χ0n) is 8.49. The summed E-state index contributed by atoms with van der Waals surface area (Å²) in [5.41, 5.74) is 9.88. The van der Waals surface area contributed by atoms with Crippen molar-refractivity contribution in [3.8, 4) is 0 Å². The van der Waals surface area contributed by atoms with Crippen LogP contribution in [-0.4, -0.2) is 35.1 Å². The lowest BCUT2D eigenvalue weighted by Crippen LogP contribution is -2.56. The smallest absolute Gasteiger partial charge is 0.241 e. The second-order valence-electron chi connectivity index (χ2n) is 3.68. The molecule has 1 aliphatic rings. The van der Waals surface area contributed by atoms with Gasteiger partial charge in [-0.3, -0.25) is 14.9 Å². The second-order valence-corrected chi connectivity index (χ2v) is 3.68. The van der Waals surface area contributed by atoms with Crippen molar-refractivity contribution in [2.45, 2.75) is 24.9 Å². The summed E-state index contributed by atoms with van der Waals surface area (Å²) in [4.78, 5) is 22.3. The molecule has 0 spiro atoms. The first kappa shape index (κ1) is 11.7. The number of aliphatic hydroxyl groups is 1. The third-order valence-corrected chi connectivity index (χ3v) is 2.56. The van der Waals surface area contributed by atoms with Crippen molar-refractivity contribution in [1.29, 1.82) is 0 Å². The van der Waals surface area contributed by atoms with Crippen LogP contribution in [0.5, 0.6) is 0 Å². The van der Waals surface area contributed by atoms with Crippen molar-refractivity contribution in [3.05, 3.63) is 11.6 Å². The van der Waals surface area contributed by atoms with E-state index in [9.17, 15) is 9.59 Å². The molecule has 0 radical (unpaired) electrons. The summed E-state index contributed by atoms with van der Waals surface area (Å²) in [7, 11) is 0. The van der Waals surface area contributed by atoms with Crippen LogP contribution in [0, 0.1) is 0 Å². The van der Waals surface area contributed by atoms with E-state index in [4.69, 9.17) is 16.6 Å². The number of carbonyl (C=O) groups excluding carboxylic acids is 2. The average molecular weight is 213 g/mol. The van der Waals surface area contributed by atoms with Crippen molar-refractivity contribution in [2.24, 2.45) is 11.5 Å². The molecule has 0 aliphatic carbocycles. The molecule has 84 valence electrons. The van der Waals surface area contributed by atoms with E-state index >= 15 is 0 Å². The molecule has 1 aliphatic heterocycles. The van der Waals surface area contributed by atoms with Gasteiger partial charge in [0.15, 0.2) is 0 Å². The molecule has 0 fully saturated rings. The maximum atomic E-state index is 11.3. The van der Waals surface area contributed by atoms with Gasteiger partial charge >= 0.3 is 0 Å². The van der Waals surface area contributed by atoms with E-state index in [-0.39, 0.29) is 13.0 Å². The standard InChI is InChI=1S/C9H15N3O3/c1-5-4-9(2-3-13,8(11)15)12-6(5)7(10)14/h4,6,12-13H,2-3H2,1H3,(H2,10,14)(H2,11,15). The fraction of sp³-hybridized carbons (Fsp3) is 0.556. The average Bonchev–Trinajstić information content (AvgIpc) is 2.45. The molecule has 0 bridgehead atoms. The molecule has 2 unspecified atom stereocenters. The van der Waals surface area contributed by atoms with Gasteiger partial charge in [-0.25, -0.2) is 0 Å². The number of amides is 2. The minimum Gasteiger partial charge on any atom is -0.396 e. The quantitative estimate of drug-likeness (QED) is 0.404. The number of hydrogen-bond acceptors (Lipinski definition) is 4. The maximum Gasteiger partial charge on any atom is 0.241 e. The third kappa shape index (κ3) is 2.00. The number of nitrogens with one attached hydrogen (secondary N) is 1. The van der Waals surface area contributed by atoms with Crippen molar-refractivity contribution in [1.82, 2.24) is 5.32 Å². The van der Waals surface area contributed by atoms with Gasteiger partial charge in [0.2, 0.25) is 11.8 Å². The third-order valence-electron chi connectivity index (χ3n) is 2.56. The number of aliphatic hydroxyl groups excluding tert-OH is 1. The Labute approximate surface area is 87.3 Å². The SMILES string of the molecule is CC1=CC(CCO)(C(N)=O)NC1C(N)=O. The molecule has 15 heavy (non-hydrogen) atoms. The Bertz CT molecular complexity index is 327. The molecule has 6 heteroatoms. The molecule has 1 rings (SSSR count). The maximum absolute atomic E-state index is 11.3. The zero-order chi connectivity index (χ0) is 11.6. The molecule has 6 nitrogen and oxygen atoms in total. The van der Waals surface area contributed by atoms with Crippen LogP contribution in [0.1, 0.15) is 13.3 Å². The van der Waals surface area contributed by atoms with Gasteiger partial charge in [0.05, 0.1) is 0 Å². The first-order valence-corrected chi connectivity index (χ1v) is 4.60. The lowest BCUT2D eigenvalue weighted by molar-refractivity contribution is -0.124. The highest BCUT2D eigenvalue weighted by Gasteiger charge is 2.43. The summed E-state index contributed by atoms with van der Waals surface area (Å²) in [6, 6.07) is -0.691. The summed E-state index contributed by atoms with van der Waals surface area (Å²) in [5, 5.41) is 11.6.